The quantitative estimate of drug-likeness (QED) is 0.119. The number of rotatable bonds is 10. The summed E-state index contributed by atoms with van der Waals surface area (Å²) in [5, 5.41) is 0. The first-order valence-corrected chi connectivity index (χ1v) is 13.3. The lowest BCUT2D eigenvalue weighted by Crippen LogP contribution is -2.20. The van der Waals surface area contributed by atoms with Gasteiger partial charge in [-0.3, -0.25) is 19.2 Å². The molecule has 4 rings (SSSR count). The fraction of sp³-hybridized carbons (Fsp3) is 0.200. The zero-order valence-corrected chi connectivity index (χ0v) is 23.6. The number of carbonyl (C=O) groups is 4. The summed E-state index contributed by atoms with van der Waals surface area (Å²) < 4.78 is 11.2. The maximum absolute atomic E-state index is 12.4. The van der Waals surface area contributed by atoms with E-state index >= 15 is 0 Å². The SMILES string of the molecule is CC(=O)CC(=O)Oc1ccc(C(C)(C)c2ccc(OC(=O)CC(C)=O)c(-c3ccccc3)c2)cc1-c1ccccc1. The number of carbonyl (C=O) groups excluding carboxylic acids is 4. The van der Waals surface area contributed by atoms with Crippen molar-refractivity contribution in [1.82, 2.24) is 0 Å². The second kappa shape index (κ2) is 12.6. The fourth-order valence-electron chi connectivity index (χ4n) is 4.59. The van der Waals surface area contributed by atoms with Crippen molar-refractivity contribution >= 4 is 23.5 Å². The van der Waals surface area contributed by atoms with E-state index in [4.69, 9.17) is 9.47 Å². The van der Waals surface area contributed by atoms with E-state index in [1.54, 1.807) is 12.1 Å². The summed E-state index contributed by atoms with van der Waals surface area (Å²) in [6.45, 7) is 6.88. The molecule has 0 unspecified atom stereocenters. The smallest absolute Gasteiger partial charge is 0.318 e. The third-order valence-electron chi connectivity index (χ3n) is 6.81. The number of ketones is 2. The molecule has 4 aromatic carbocycles. The lowest BCUT2D eigenvalue weighted by Gasteiger charge is -2.28. The van der Waals surface area contributed by atoms with E-state index in [1.165, 1.54) is 13.8 Å². The normalized spacial score (nSPS) is 11.0. The summed E-state index contributed by atoms with van der Waals surface area (Å²) in [6.07, 6.45) is -0.597. The lowest BCUT2D eigenvalue weighted by atomic mass is 9.76. The van der Waals surface area contributed by atoms with Crippen molar-refractivity contribution < 1.29 is 28.7 Å². The molecule has 0 saturated carbocycles. The van der Waals surface area contributed by atoms with Crippen LogP contribution in [0.15, 0.2) is 97.1 Å². The highest BCUT2D eigenvalue weighted by molar-refractivity contribution is 5.96. The van der Waals surface area contributed by atoms with E-state index in [2.05, 4.69) is 13.8 Å². The molecule has 4 aromatic rings. The summed E-state index contributed by atoms with van der Waals surface area (Å²) in [7, 11) is 0. The van der Waals surface area contributed by atoms with Crippen LogP contribution in [0.4, 0.5) is 0 Å². The van der Waals surface area contributed by atoms with Gasteiger partial charge in [0.05, 0.1) is 0 Å². The summed E-state index contributed by atoms with van der Waals surface area (Å²) in [5.74, 6) is -0.995. The van der Waals surface area contributed by atoms with Crippen molar-refractivity contribution in [2.24, 2.45) is 0 Å². The van der Waals surface area contributed by atoms with Gasteiger partial charge < -0.3 is 9.47 Å². The molecule has 0 fully saturated rings. The van der Waals surface area contributed by atoms with Gasteiger partial charge in [-0.15, -0.1) is 0 Å². The number of hydrogen-bond donors (Lipinski definition) is 0. The first-order chi connectivity index (χ1) is 19.5. The van der Waals surface area contributed by atoms with Gasteiger partial charge in [0.1, 0.15) is 35.9 Å². The van der Waals surface area contributed by atoms with Crippen LogP contribution in [0.3, 0.4) is 0 Å². The minimum Gasteiger partial charge on any atom is -0.426 e. The maximum Gasteiger partial charge on any atom is 0.318 e. The lowest BCUT2D eigenvalue weighted by molar-refractivity contribution is -0.139. The minimum absolute atomic E-state index is 0.265. The Hall–Kier alpha value is -4.84. The van der Waals surface area contributed by atoms with E-state index in [-0.39, 0.29) is 24.4 Å². The predicted octanol–water partition coefficient (Wildman–Crippen LogP) is 7.12. The molecule has 0 atom stereocenters. The predicted molar refractivity (Wildman–Crippen MR) is 158 cm³/mol. The Bertz CT molecular complexity index is 1470. The Labute approximate surface area is 239 Å². The van der Waals surface area contributed by atoms with E-state index in [0.717, 1.165) is 33.4 Å². The summed E-state index contributed by atoms with van der Waals surface area (Å²) >= 11 is 0. The highest BCUT2D eigenvalue weighted by Gasteiger charge is 2.27. The van der Waals surface area contributed by atoms with Crippen LogP contribution in [0.2, 0.25) is 0 Å². The summed E-state index contributed by atoms with van der Waals surface area (Å²) in [4.78, 5) is 47.6. The van der Waals surface area contributed by atoms with Crippen LogP contribution in [-0.4, -0.2) is 23.5 Å². The molecule has 0 saturated heterocycles. The summed E-state index contributed by atoms with van der Waals surface area (Å²) in [5.41, 5.74) is 4.60. The second-order valence-electron chi connectivity index (χ2n) is 10.5. The fourth-order valence-corrected chi connectivity index (χ4v) is 4.59. The van der Waals surface area contributed by atoms with Crippen molar-refractivity contribution in [2.45, 2.75) is 46.0 Å². The molecule has 41 heavy (non-hydrogen) atoms. The van der Waals surface area contributed by atoms with Gasteiger partial charge in [-0.05, 0) is 60.4 Å². The molecule has 0 N–H and O–H groups in total. The molecule has 0 spiro atoms. The number of Topliss-reactive ketones (excluding diaryl/α,β-unsaturated/α-hetero) is 2. The highest BCUT2D eigenvalue weighted by Crippen LogP contribution is 2.41. The zero-order valence-electron chi connectivity index (χ0n) is 23.6. The van der Waals surface area contributed by atoms with Crippen molar-refractivity contribution in [3.63, 3.8) is 0 Å². The van der Waals surface area contributed by atoms with E-state index in [1.807, 2.05) is 84.9 Å². The third-order valence-corrected chi connectivity index (χ3v) is 6.81. The van der Waals surface area contributed by atoms with Crippen molar-refractivity contribution in [1.29, 1.82) is 0 Å². The van der Waals surface area contributed by atoms with Gasteiger partial charge in [-0.25, -0.2) is 0 Å². The molecule has 0 aromatic heterocycles. The van der Waals surface area contributed by atoms with Crippen molar-refractivity contribution in [3.8, 4) is 33.8 Å². The topological polar surface area (TPSA) is 86.7 Å². The van der Waals surface area contributed by atoms with Crippen molar-refractivity contribution in [2.75, 3.05) is 0 Å². The number of esters is 2. The van der Waals surface area contributed by atoms with Crippen LogP contribution < -0.4 is 9.47 Å². The molecule has 6 heteroatoms. The first kappa shape index (κ1) is 29.2. The maximum atomic E-state index is 12.4. The van der Waals surface area contributed by atoms with Crippen LogP contribution in [0.1, 0.15) is 51.7 Å². The summed E-state index contributed by atoms with van der Waals surface area (Å²) in [6, 6.07) is 30.5. The third kappa shape index (κ3) is 7.22. The Morgan fingerprint density at radius 3 is 1.27 bits per heavy atom. The van der Waals surface area contributed by atoms with Crippen LogP contribution in [0.5, 0.6) is 11.5 Å². The first-order valence-electron chi connectivity index (χ1n) is 13.3. The second-order valence-corrected chi connectivity index (χ2v) is 10.5. The molecule has 0 bridgehead atoms. The molecular formula is C35H32O6. The number of ether oxygens (including phenoxy) is 2. The molecule has 0 heterocycles. The Kier molecular flexibility index (Phi) is 8.93. The molecule has 208 valence electrons. The Morgan fingerprint density at radius 1 is 0.561 bits per heavy atom. The highest BCUT2D eigenvalue weighted by atomic mass is 16.5. The van der Waals surface area contributed by atoms with Gasteiger partial charge >= 0.3 is 11.9 Å². The number of hydrogen-bond acceptors (Lipinski definition) is 6. The Morgan fingerprint density at radius 2 is 0.927 bits per heavy atom. The van der Waals surface area contributed by atoms with Gasteiger partial charge in [-0.2, -0.15) is 0 Å². The van der Waals surface area contributed by atoms with Gasteiger partial charge in [0.15, 0.2) is 0 Å². The molecule has 6 nitrogen and oxygen atoms in total. The monoisotopic (exact) mass is 548 g/mol. The van der Waals surface area contributed by atoms with Gasteiger partial charge in [-0.1, -0.05) is 86.6 Å². The standard InChI is InChI=1S/C35H32O6/c1-23(36)19-33(38)40-31-17-15-27(21-29(31)25-11-7-5-8-12-25)35(3,4)28-16-18-32(41-34(39)20-24(2)37)30(22-28)26-13-9-6-10-14-26/h5-18,21-22H,19-20H2,1-4H3. The van der Waals surface area contributed by atoms with Crippen LogP contribution in [0.25, 0.3) is 22.3 Å². The average molecular weight is 549 g/mol. The van der Waals surface area contributed by atoms with Gasteiger partial charge in [0, 0.05) is 16.5 Å². The van der Waals surface area contributed by atoms with Crippen molar-refractivity contribution in [3.05, 3.63) is 108 Å². The number of benzene rings is 4. The van der Waals surface area contributed by atoms with E-state index in [0.29, 0.717) is 11.5 Å². The van der Waals surface area contributed by atoms with E-state index < -0.39 is 17.4 Å². The molecule has 0 amide bonds. The molecule has 0 aliphatic carbocycles. The van der Waals surface area contributed by atoms with E-state index in [9.17, 15) is 19.2 Å². The van der Waals surface area contributed by atoms with Gasteiger partial charge in [0.2, 0.25) is 0 Å². The molecular weight excluding hydrogens is 516 g/mol. The van der Waals surface area contributed by atoms with Crippen LogP contribution in [0, 0.1) is 0 Å². The minimum atomic E-state index is -0.607. The molecule has 0 aliphatic heterocycles. The largest absolute Gasteiger partial charge is 0.426 e. The van der Waals surface area contributed by atoms with Gasteiger partial charge in [0.25, 0.3) is 0 Å². The molecule has 0 radical (unpaired) electrons. The van der Waals surface area contributed by atoms with Crippen LogP contribution >= 0.6 is 0 Å². The average Bonchev–Trinajstić information content (AvgIpc) is 2.93. The Balaban J connectivity index is 1.78. The van der Waals surface area contributed by atoms with Crippen LogP contribution in [-0.2, 0) is 24.6 Å². The molecule has 0 aliphatic rings. The zero-order chi connectivity index (χ0) is 29.6.